The van der Waals surface area contributed by atoms with Crippen LogP contribution in [0.5, 0.6) is 0 Å². The molecular formula is C14H27N3O2. The highest BCUT2D eigenvalue weighted by Crippen LogP contribution is 2.30. The summed E-state index contributed by atoms with van der Waals surface area (Å²) in [6.07, 6.45) is 1.67. The number of rotatable bonds is 7. The van der Waals surface area contributed by atoms with Gasteiger partial charge in [-0.1, -0.05) is 19.0 Å². The summed E-state index contributed by atoms with van der Waals surface area (Å²) in [7, 11) is 0. The second kappa shape index (κ2) is 6.48. The average molecular weight is 269 g/mol. The van der Waals surface area contributed by atoms with Crippen molar-refractivity contribution in [2.45, 2.75) is 72.1 Å². The summed E-state index contributed by atoms with van der Waals surface area (Å²) in [5, 5.41) is 7.43. The van der Waals surface area contributed by atoms with Gasteiger partial charge in [0.2, 0.25) is 11.7 Å². The third-order valence-corrected chi connectivity index (χ3v) is 3.21. The molecule has 0 aromatic carbocycles. The van der Waals surface area contributed by atoms with Crippen LogP contribution in [0.3, 0.4) is 0 Å². The number of hydrogen-bond donors (Lipinski definition) is 1. The van der Waals surface area contributed by atoms with Crippen molar-refractivity contribution < 1.29 is 9.26 Å². The van der Waals surface area contributed by atoms with Crippen molar-refractivity contribution in [1.29, 1.82) is 0 Å². The molecule has 0 fully saturated rings. The lowest BCUT2D eigenvalue weighted by Gasteiger charge is -2.27. The lowest BCUT2D eigenvalue weighted by atomic mass is 9.96. The Morgan fingerprint density at radius 3 is 2.26 bits per heavy atom. The van der Waals surface area contributed by atoms with Gasteiger partial charge in [-0.3, -0.25) is 0 Å². The molecule has 0 saturated carbocycles. The molecule has 0 atom stereocenters. The minimum Gasteiger partial charge on any atom is -0.367 e. The first-order valence-electron chi connectivity index (χ1n) is 7.09. The molecule has 0 amide bonds. The molecule has 1 aromatic rings. The molecule has 110 valence electrons. The Morgan fingerprint density at radius 2 is 1.79 bits per heavy atom. The first-order chi connectivity index (χ1) is 8.87. The highest BCUT2D eigenvalue weighted by Gasteiger charge is 2.34. The van der Waals surface area contributed by atoms with Crippen LogP contribution in [0.1, 0.15) is 66.1 Å². The molecule has 0 radical (unpaired) electrons. The van der Waals surface area contributed by atoms with Crippen LogP contribution in [0.2, 0.25) is 0 Å². The summed E-state index contributed by atoms with van der Waals surface area (Å²) in [5.74, 6) is 1.26. The molecule has 1 rings (SSSR count). The monoisotopic (exact) mass is 269 g/mol. The van der Waals surface area contributed by atoms with Gasteiger partial charge in [-0.15, -0.1) is 0 Å². The predicted molar refractivity (Wildman–Crippen MR) is 74.8 cm³/mol. The maximum atomic E-state index is 5.87. The van der Waals surface area contributed by atoms with E-state index in [0.29, 0.717) is 24.9 Å². The van der Waals surface area contributed by atoms with E-state index in [0.717, 1.165) is 12.8 Å². The van der Waals surface area contributed by atoms with Crippen LogP contribution in [0.15, 0.2) is 4.52 Å². The van der Waals surface area contributed by atoms with Gasteiger partial charge in [0.25, 0.3) is 0 Å². The van der Waals surface area contributed by atoms with E-state index in [-0.39, 0.29) is 5.54 Å². The third kappa shape index (κ3) is 4.28. The minimum atomic E-state index is -0.418. The van der Waals surface area contributed by atoms with Crippen LogP contribution in [-0.4, -0.2) is 22.3 Å². The second-order valence-electron chi connectivity index (χ2n) is 5.75. The van der Waals surface area contributed by atoms with Crippen molar-refractivity contribution in [3.63, 3.8) is 0 Å². The van der Waals surface area contributed by atoms with Gasteiger partial charge in [-0.05, 0) is 40.5 Å². The molecule has 19 heavy (non-hydrogen) atoms. The number of ether oxygens (including phenoxy) is 1. The molecule has 0 unspecified atom stereocenters. The van der Waals surface area contributed by atoms with Crippen molar-refractivity contribution in [1.82, 2.24) is 15.5 Å². The molecule has 0 aliphatic heterocycles. The lowest BCUT2D eigenvalue weighted by molar-refractivity contribution is -0.0583. The van der Waals surface area contributed by atoms with Crippen LogP contribution in [0.4, 0.5) is 0 Å². The Morgan fingerprint density at radius 1 is 1.16 bits per heavy atom. The zero-order valence-corrected chi connectivity index (χ0v) is 13.0. The molecule has 0 aliphatic carbocycles. The fourth-order valence-corrected chi connectivity index (χ4v) is 1.96. The van der Waals surface area contributed by atoms with Crippen LogP contribution in [-0.2, 0) is 16.9 Å². The molecule has 0 saturated heterocycles. The molecule has 1 aromatic heterocycles. The number of nitrogens with one attached hydrogen (secondary N) is 1. The van der Waals surface area contributed by atoms with E-state index in [1.807, 2.05) is 6.92 Å². The van der Waals surface area contributed by atoms with E-state index in [9.17, 15) is 0 Å². The van der Waals surface area contributed by atoms with Crippen molar-refractivity contribution in [2.24, 2.45) is 0 Å². The van der Waals surface area contributed by atoms with E-state index in [1.165, 1.54) is 0 Å². The summed E-state index contributed by atoms with van der Waals surface area (Å²) in [6.45, 7) is 13.7. The molecule has 5 nitrogen and oxygen atoms in total. The summed E-state index contributed by atoms with van der Waals surface area (Å²) < 4.78 is 11.2. The molecule has 0 aliphatic rings. The zero-order chi connectivity index (χ0) is 14.5. The van der Waals surface area contributed by atoms with Crippen molar-refractivity contribution in [3.8, 4) is 0 Å². The summed E-state index contributed by atoms with van der Waals surface area (Å²) >= 11 is 0. The molecule has 1 heterocycles. The zero-order valence-electron chi connectivity index (χ0n) is 13.0. The topological polar surface area (TPSA) is 60.2 Å². The van der Waals surface area contributed by atoms with E-state index < -0.39 is 5.60 Å². The fourth-order valence-electron chi connectivity index (χ4n) is 1.96. The first kappa shape index (κ1) is 16.1. The van der Waals surface area contributed by atoms with Gasteiger partial charge in [-0.2, -0.15) is 4.98 Å². The third-order valence-electron chi connectivity index (χ3n) is 3.21. The molecule has 1 N–H and O–H groups in total. The van der Waals surface area contributed by atoms with Gasteiger partial charge in [0.05, 0.1) is 6.54 Å². The minimum absolute atomic E-state index is 0.0289. The van der Waals surface area contributed by atoms with Crippen LogP contribution < -0.4 is 5.32 Å². The van der Waals surface area contributed by atoms with Crippen LogP contribution >= 0.6 is 0 Å². The van der Waals surface area contributed by atoms with Gasteiger partial charge in [0, 0.05) is 12.1 Å². The van der Waals surface area contributed by atoms with E-state index in [1.54, 1.807) is 0 Å². The first-order valence-corrected chi connectivity index (χ1v) is 7.09. The maximum Gasteiger partial charge on any atom is 0.240 e. The van der Waals surface area contributed by atoms with Crippen molar-refractivity contribution in [3.05, 3.63) is 11.7 Å². The standard InChI is InChI=1S/C14H27N3O2/c1-7-14(8-2,18-9-3)12-16-11(19-17-12)10-15-13(4,5)6/h15H,7-10H2,1-6H3. The van der Waals surface area contributed by atoms with Crippen LogP contribution in [0.25, 0.3) is 0 Å². The Hall–Kier alpha value is -0.940. The Balaban J connectivity index is 2.81. The Labute approximate surface area is 116 Å². The quantitative estimate of drug-likeness (QED) is 0.824. The number of nitrogens with zero attached hydrogens (tertiary/aromatic N) is 2. The summed E-state index contributed by atoms with van der Waals surface area (Å²) in [5.41, 5.74) is -0.389. The fraction of sp³-hybridized carbons (Fsp3) is 0.857. The maximum absolute atomic E-state index is 5.87. The smallest absolute Gasteiger partial charge is 0.240 e. The van der Waals surface area contributed by atoms with Gasteiger partial charge in [0.15, 0.2) is 0 Å². The molecule has 0 bridgehead atoms. The molecular weight excluding hydrogens is 242 g/mol. The highest BCUT2D eigenvalue weighted by atomic mass is 16.5. The Kier molecular flexibility index (Phi) is 5.50. The van der Waals surface area contributed by atoms with Gasteiger partial charge in [0.1, 0.15) is 5.60 Å². The van der Waals surface area contributed by atoms with Crippen LogP contribution in [0, 0.1) is 0 Å². The number of hydrogen-bond acceptors (Lipinski definition) is 5. The average Bonchev–Trinajstić information content (AvgIpc) is 2.82. The second-order valence-corrected chi connectivity index (χ2v) is 5.75. The van der Waals surface area contributed by atoms with Gasteiger partial charge >= 0.3 is 0 Å². The van der Waals surface area contributed by atoms with Crippen molar-refractivity contribution >= 4 is 0 Å². The van der Waals surface area contributed by atoms with Crippen molar-refractivity contribution in [2.75, 3.05) is 6.61 Å². The van der Waals surface area contributed by atoms with E-state index in [2.05, 4.69) is 50.1 Å². The highest BCUT2D eigenvalue weighted by molar-refractivity contribution is 5.01. The molecule has 5 heteroatoms. The predicted octanol–water partition coefficient (Wildman–Crippen LogP) is 3.01. The summed E-state index contributed by atoms with van der Waals surface area (Å²) in [6, 6.07) is 0. The van der Waals surface area contributed by atoms with Gasteiger partial charge in [-0.25, -0.2) is 0 Å². The van der Waals surface area contributed by atoms with E-state index in [4.69, 9.17) is 9.26 Å². The SMILES string of the molecule is CCOC(CC)(CC)c1noc(CNC(C)(C)C)n1. The summed E-state index contributed by atoms with van der Waals surface area (Å²) in [4.78, 5) is 4.48. The molecule has 0 spiro atoms. The largest absolute Gasteiger partial charge is 0.367 e. The Bertz CT molecular complexity index is 378. The van der Waals surface area contributed by atoms with Gasteiger partial charge < -0.3 is 14.6 Å². The number of aromatic nitrogens is 2. The lowest BCUT2D eigenvalue weighted by Crippen LogP contribution is -2.35. The normalized spacial score (nSPS) is 12.9. The van der Waals surface area contributed by atoms with E-state index >= 15 is 0 Å².